The highest BCUT2D eigenvalue weighted by atomic mass is 32.2. The summed E-state index contributed by atoms with van der Waals surface area (Å²) in [6.07, 6.45) is 20.9. The van der Waals surface area contributed by atoms with Crippen LogP contribution in [0.1, 0.15) is 96.8 Å². The maximum atomic E-state index is 11.5. The first-order chi connectivity index (χ1) is 12.5. The van der Waals surface area contributed by atoms with Gasteiger partial charge in [0.25, 0.3) is 10.1 Å². The lowest BCUT2D eigenvalue weighted by Gasteiger charge is -2.04. The zero-order valence-corrected chi connectivity index (χ0v) is 17.4. The standard InChI is InChI=1S/C20H39NO4S/c1-2-3-4-5-6-7-8-9-10-11-12-13-14-15-16-17-20(22)21-18-19-26(23,24)25/h9-10H,2-8,11-19H2,1H3,(H,21,22)(H,23,24,25)/b10-9+. The Kier molecular flexibility index (Phi) is 16.9. The zero-order valence-electron chi connectivity index (χ0n) is 16.5. The minimum atomic E-state index is -3.99. The largest absolute Gasteiger partial charge is 0.355 e. The number of hydrogen-bond acceptors (Lipinski definition) is 3. The van der Waals surface area contributed by atoms with Crippen LogP contribution in [0.5, 0.6) is 0 Å². The Balaban J connectivity index is 3.28. The van der Waals surface area contributed by atoms with E-state index in [0.717, 1.165) is 25.7 Å². The first-order valence-electron chi connectivity index (χ1n) is 10.3. The number of amides is 1. The second-order valence-electron chi connectivity index (χ2n) is 6.97. The van der Waals surface area contributed by atoms with Gasteiger partial charge in [0.1, 0.15) is 0 Å². The van der Waals surface area contributed by atoms with Crippen LogP contribution < -0.4 is 5.32 Å². The van der Waals surface area contributed by atoms with Crippen molar-refractivity contribution < 1.29 is 17.8 Å². The lowest BCUT2D eigenvalue weighted by atomic mass is 10.1. The lowest BCUT2D eigenvalue weighted by Crippen LogP contribution is -2.28. The van der Waals surface area contributed by atoms with Crippen LogP contribution in [0.2, 0.25) is 0 Å². The Morgan fingerprint density at radius 1 is 0.846 bits per heavy atom. The maximum Gasteiger partial charge on any atom is 0.266 e. The number of hydrogen-bond donors (Lipinski definition) is 2. The summed E-state index contributed by atoms with van der Waals surface area (Å²) in [4.78, 5) is 11.5. The first kappa shape index (κ1) is 25.1. The van der Waals surface area contributed by atoms with Gasteiger partial charge in [-0.1, -0.05) is 70.4 Å². The van der Waals surface area contributed by atoms with Crippen molar-refractivity contribution in [3.8, 4) is 0 Å². The molecule has 1 amide bonds. The van der Waals surface area contributed by atoms with E-state index in [1.54, 1.807) is 0 Å². The van der Waals surface area contributed by atoms with E-state index in [1.165, 1.54) is 57.8 Å². The van der Waals surface area contributed by atoms with E-state index in [1.807, 2.05) is 0 Å². The third kappa shape index (κ3) is 21.2. The number of carbonyl (C=O) groups is 1. The average Bonchev–Trinajstić information content (AvgIpc) is 2.57. The number of rotatable bonds is 18. The molecule has 0 rings (SSSR count). The Morgan fingerprint density at radius 3 is 1.88 bits per heavy atom. The molecule has 0 spiro atoms. The van der Waals surface area contributed by atoms with Gasteiger partial charge >= 0.3 is 0 Å². The summed E-state index contributed by atoms with van der Waals surface area (Å²) in [6, 6.07) is 0. The Labute approximate surface area is 160 Å². The van der Waals surface area contributed by atoms with E-state index in [2.05, 4.69) is 24.4 Å². The summed E-state index contributed by atoms with van der Waals surface area (Å²) >= 11 is 0. The molecule has 0 heterocycles. The van der Waals surface area contributed by atoms with Gasteiger partial charge in [-0.25, -0.2) is 0 Å². The predicted molar refractivity (Wildman–Crippen MR) is 109 cm³/mol. The van der Waals surface area contributed by atoms with Crippen LogP contribution in [-0.2, 0) is 14.9 Å². The fourth-order valence-corrected chi connectivity index (χ4v) is 3.12. The fourth-order valence-electron chi connectivity index (χ4n) is 2.76. The molecule has 0 aromatic carbocycles. The summed E-state index contributed by atoms with van der Waals surface area (Å²) in [5.41, 5.74) is 0. The van der Waals surface area contributed by atoms with Crippen LogP contribution in [0.3, 0.4) is 0 Å². The molecule has 5 nitrogen and oxygen atoms in total. The highest BCUT2D eigenvalue weighted by molar-refractivity contribution is 7.85. The number of unbranched alkanes of at least 4 members (excludes halogenated alkanes) is 11. The molecule has 0 fully saturated rings. The summed E-state index contributed by atoms with van der Waals surface area (Å²) in [5, 5.41) is 2.50. The molecule has 6 heteroatoms. The van der Waals surface area contributed by atoms with Crippen LogP contribution in [0, 0.1) is 0 Å². The SMILES string of the molecule is CCCCCCCC/C=C/CCCCCCCC(=O)NCCS(=O)(=O)O. The van der Waals surface area contributed by atoms with Crippen molar-refractivity contribution in [2.75, 3.05) is 12.3 Å². The van der Waals surface area contributed by atoms with Gasteiger partial charge in [0, 0.05) is 13.0 Å². The van der Waals surface area contributed by atoms with Crippen LogP contribution in [0.4, 0.5) is 0 Å². The molecule has 0 saturated heterocycles. The van der Waals surface area contributed by atoms with E-state index < -0.39 is 15.9 Å². The lowest BCUT2D eigenvalue weighted by molar-refractivity contribution is -0.121. The normalized spacial score (nSPS) is 11.9. The van der Waals surface area contributed by atoms with E-state index >= 15 is 0 Å². The second-order valence-corrected chi connectivity index (χ2v) is 8.54. The molecule has 0 aliphatic carbocycles. The maximum absolute atomic E-state index is 11.5. The molecule has 0 aromatic heterocycles. The molecule has 26 heavy (non-hydrogen) atoms. The number of nitrogens with one attached hydrogen (secondary N) is 1. The van der Waals surface area contributed by atoms with Crippen molar-refractivity contribution >= 4 is 16.0 Å². The molecule has 2 N–H and O–H groups in total. The topological polar surface area (TPSA) is 83.5 Å². The van der Waals surface area contributed by atoms with E-state index in [-0.39, 0.29) is 12.5 Å². The molecular formula is C20H39NO4S. The van der Waals surface area contributed by atoms with E-state index in [0.29, 0.717) is 6.42 Å². The van der Waals surface area contributed by atoms with Gasteiger partial charge in [0.15, 0.2) is 0 Å². The molecule has 0 bridgehead atoms. The summed E-state index contributed by atoms with van der Waals surface area (Å²) < 4.78 is 29.6. The minimum Gasteiger partial charge on any atom is -0.355 e. The predicted octanol–water partition coefficient (Wildman–Crippen LogP) is 5.03. The van der Waals surface area contributed by atoms with Gasteiger partial charge in [-0.15, -0.1) is 0 Å². The van der Waals surface area contributed by atoms with Crippen molar-refractivity contribution in [1.82, 2.24) is 5.32 Å². The summed E-state index contributed by atoms with van der Waals surface area (Å²) in [6.45, 7) is 2.22. The van der Waals surface area contributed by atoms with Crippen LogP contribution >= 0.6 is 0 Å². The Bertz CT molecular complexity index is 460. The van der Waals surface area contributed by atoms with Gasteiger partial charge in [-0.2, -0.15) is 8.42 Å². The molecule has 0 aliphatic rings. The van der Waals surface area contributed by atoms with Crippen molar-refractivity contribution in [2.45, 2.75) is 96.8 Å². The average molecular weight is 390 g/mol. The Hall–Kier alpha value is -0.880. The zero-order chi connectivity index (χ0) is 19.5. The molecule has 0 aliphatic heterocycles. The van der Waals surface area contributed by atoms with Crippen molar-refractivity contribution in [1.29, 1.82) is 0 Å². The van der Waals surface area contributed by atoms with Crippen molar-refractivity contribution in [3.63, 3.8) is 0 Å². The minimum absolute atomic E-state index is 0.0251. The molecule has 0 aromatic rings. The van der Waals surface area contributed by atoms with Gasteiger partial charge < -0.3 is 5.32 Å². The summed E-state index contributed by atoms with van der Waals surface area (Å²) in [5.74, 6) is -0.572. The molecule has 0 saturated carbocycles. The third-order valence-corrected chi connectivity index (χ3v) is 5.07. The molecule has 0 unspecified atom stereocenters. The smallest absolute Gasteiger partial charge is 0.266 e. The van der Waals surface area contributed by atoms with Crippen LogP contribution in [0.25, 0.3) is 0 Å². The van der Waals surface area contributed by atoms with Gasteiger partial charge in [-0.3, -0.25) is 9.35 Å². The fraction of sp³-hybridized carbons (Fsp3) is 0.850. The number of allylic oxidation sites excluding steroid dienone is 2. The van der Waals surface area contributed by atoms with Crippen LogP contribution in [-0.4, -0.2) is 31.2 Å². The van der Waals surface area contributed by atoms with Crippen molar-refractivity contribution in [2.24, 2.45) is 0 Å². The molecular weight excluding hydrogens is 350 g/mol. The highest BCUT2D eigenvalue weighted by Gasteiger charge is 2.06. The van der Waals surface area contributed by atoms with Crippen molar-refractivity contribution in [3.05, 3.63) is 12.2 Å². The van der Waals surface area contributed by atoms with Gasteiger partial charge in [0.05, 0.1) is 5.75 Å². The van der Waals surface area contributed by atoms with E-state index in [9.17, 15) is 13.2 Å². The van der Waals surface area contributed by atoms with Gasteiger partial charge in [-0.05, 0) is 32.1 Å². The monoisotopic (exact) mass is 389 g/mol. The third-order valence-electron chi connectivity index (χ3n) is 4.35. The quantitative estimate of drug-likeness (QED) is 0.196. The molecule has 0 atom stereocenters. The second kappa shape index (κ2) is 17.5. The molecule has 0 radical (unpaired) electrons. The van der Waals surface area contributed by atoms with E-state index in [4.69, 9.17) is 4.55 Å². The summed E-state index contributed by atoms with van der Waals surface area (Å²) in [7, 11) is -3.99. The van der Waals surface area contributed by atoms with Crippen LogP contribution in [0.15, 0.2) is 12.2 Å². The highest BCUT2D eigenvalue weighted by Crippen LogP contribution is 2.09. The van der Waals surface area contributed by atoms with Gasteiger partial charge in [0.2, 0.25) is 5.91 Å². The number of carbonyl (C=O) groups excluding carboxylic acids is 1. The Morgan fingerprint density at radius 2 is 1.35 bits per heavy atom. The first-order valence-corrected chi connectivity index (χ1v) is 11.9. The molecule has 154 valence electrons.